The second-order valence-corrected chi connectivity index (χ2v) is 2.69. The summed E-state index contributed by atoms with van der Waals surface area (Å²) in [5, 5.41) is 1.23. The Bertz CT molecular complexity index is 137. The van der Waals surface area contributed by atoms with E-state index in [0.29, 0.717) is 0 Å². The number of primary amides is 1. The molecule has 0 fully saturated rings. The lowest BCUT2D eigenvalue weighted by Crippen LogP contribution is -2.38. The average Bonchev–Trinajstić information content (AvgIpc) is 1.63. The minimum atomic E-state index is -2.04. The number of carbonyl (C=O) groups is 1. The van der Waals surface area contributed by atoms with Crippen molar-refractivity contribution in [2.24, 2.45) is 5.73 Å². The van der Waals surface area contributed by atoms with Crippen molar-refractivity contribution in [2.75, 3.05) is 0 Å². The third kappa shape index (κ3) is 3.92. The molecule has 0 aliphatic heterocycles. The summed E-state index contributed by atoms with van der Waals surface area (Å²) in [5.41, 5.74) is 4.64. The minimum Gasteiger partial charge on any atom is -0.352 e. The third-order valence-electron chi connectivity index (χ3n) is 0.648. The van der Waals surface area contributed by atoms with Gasteiger partial charge in [-0.05, 0) is 6.92 Å². The van der Waals surface area contributed by atoms with Crippen molar-refractivity contribution in [3.63, 3.8) is 0 Å². The monoisotopic (exact) mass is 152 g/mol. The molecule has 0 bridgehead atoms. The van der Waals surface area contributed by atoms with Crippen LogP contribution in [0.1, 0.15) is 6.92 Å². The van der Waals surface area contributed by atoms with Crippen molar-refractivity contribution in [1.82, 2.24) is 5.32 Å². The largest absolute Gasteiger partial charge is 0.352 e. The van der Waals surface area contributed by atoms with E-state index in [4.69, 9.17) is 4.55 Å². The van der Waals surface area contributed by atoms with Crippen LogP contribution in [0.3, 0.4) is 0 Å². The Labute approximate surface area is 54.9 Å². The van der Waals surface area contributed by atoms with E-state index in [2.05, 4.69) is 5.73 Å². The highest BCUT2D eigenvalue weighted by Gasteiger charge is 2.07. The van der Waals surface area contributed by atoms with Gasteiger partial charge in [0, 0.05) is 0 Å². The highest BCUT2D eigenvalue weighted by atomic mass is 32.2. The smallest absolute Gasteiger partial charge is 0.313 e. The fraction of sp³-hybridized carbons (Fsp3) is 0.667. The normalized spacial score (nSPS) is 16.2. The van der Waals surface area contributed by atoms with E-state index in [9.17, 15) is 9.00 Å². The van der Waals surface area contributed by atoms with Crippen molar-refractivity contribution in [3.05, 3.63) is 0 Å². The van der Waals surface area contributed by atoms with E-state index in [0.717, 1.165) is 0 Å². The summed E-state index contributed by atoms with van der Waals surface area (Å²) in [4.78, 5) is 9.98. The van der Waals surface area contributed by atoms with Crippen LogP contribution in [-0.4, -0.2) is 20.2 Å². The van der Waals surface area contributed by atoms with Gasteiger partial charge >= 0.3 is 6.03 Å². The molecule has 5 nitrogen and oxygen atoms in total. The van der Waals surface area contributed by atoms with Crippen molar-refractivity contribution in [2.45, 2.75) is 12.3 Å². The Morgan fingerprint density at radius 3 is 2.44 bits per heavy atom. The molecule has 0 aliphatic rings. The molecular formula is C3H8N2O3S. The molecule has 0 spiro atoms. The molecule has 0 rings (SSSR count). The van der Waals surface area contributed by atoms with Gasteiger partial charge in [-0.25, -0.2) is 9.00 Å². The molecule has 0 aliphatic carbocycles. The number of hydrogen-bond acceptors (Lipinski definition) is 2. The molecule has 0 aromatic rings. The van der Waals surface area contributed by atoms with Crippen molar-refractivity contribution in [3.8, 4) is 0 Å². The van der Waals surface area contributed by atoms with Gasteiger partial charge in [-0.3, -0.25) is 0 Å². The highest BCUT2D eigenvalue weighted by Crippen LogP contribution is 1.83. The Morgan fingerprint density at radius 2 is 2.33 bits per heavy atom. The number of nitrogens with one attached hydrogen (secondary N) is 1. The van der Waals surface area contributed by atoms with E-state index in [1.807, 2.05) is 5.32 Å². The SMILES string of the molecule is CC(NC(N)=O)S(=O)O. The molecule has 6 heteroatoms. The van der Waals surface area contributed by atoms with E-state index in [1.165, 1.54) is 6.92 Å². The molecule has 0 aromatic heterocycles. The van der Waals surface area contributed by atoms with Crippen LogP contribution >= 0.6 is 0 Å². The second kappa shape index (κ2) is 3.41. The zero-order valence-corrected chi connectivity index (χ0v) is 5.64. The van der Waals surface area contributed by atoms with Crippen LogP contribution in [0.15, 0.2) is 0 Å². The molecule has 4 N–H and O–H groups in total. The number of amides is 2. The highest BCUT2D eigenvalue weighted by molar-refractivity contribution is 7.79. The molecule has 54 valence electrons. The molecule has 0 aromatic carbocycles. The van der Waals surface area contributed by atoms with Crippen LogP contribution in [0.2, 0.25) is 0 Å². The summed E-state index contributed by atoms with van der Waals surface area (Å²) >= 11 is -2.04. The van der Waals surface area contributed by atoms with Gasteiger partial charge in [0.15, 0.2) is 11.1 Å². The molecule has 0 heterocycles. The molecule has 9 heavy (non-hydrogen) atoms. The number of nitrogens with two attached hydrogens (primary N) is 1. The van der Waals surface area contributed by atoms with Gasteiger partial charge in [0.2, 0.25) is 0 Å². The summed E-state index contributed by atoms with van der Waals surface area (Å²) in [5.74, 6) is 0. The predicted octanol–water partition coefficient (Wildman–Crippen LogP) is -0.778. The standard InChI is InChI=1S/C3H8N2O3S/c1-2(9(7)8)5-3(4)6/h2H,1H3,(H,7,8)(H3,4,5,6). The lowest BCUT2D eigenvalue weighted by Gasteiger charge is -2.04. The summed E-state index contributed by atoms with van der Waals surface area (Å²) in [6, 6.07) is -0.801. The Hall–Kier alpha value is -0.620. The zero-order valence-electron chi connectivity index (χ0n) is 4.83. The molecule has 0 radical (unpaired) electrons. The van der Waals surface area contributed by atoms with E-state index in [-0.39, 0.29) is 0 Å². The topological polar surface area (TPSA) is 92.4 Å². The van der Waals surface area contributed by atoms with Crippen molar-refractivity contribution >= 4 is 17.1 Å². The fourth-order valence-electron chi connectivity index (χ4n) is 0.251. The number of urea groups is 1. The zero-order chi connectivity index (χ0) is 7.44. The van der Waals surface area contributed by atoms with E-state index in [1.54, 1.807) is 0 Å². The quantitative estimate of drug-likeness (QED) is 0.453. The first kappa shape index (κ1) is 8.38. The van der Waals surface area contributed by atoms with Gasteiger partial charge in [-0.1, -0.05) is 0 Å². The van der Waals surface area contributed by atoms with Crippen molar-refractivity contribution < 1.29 is 13.6 Å². The Balaban J connectivity index is 3.63. The Kier molecular flexibility index (Phi) is 3.18. The average molecular weight is 152 g/mol. The van der Waals surface area contributed by atoms with Gasteiger partial charge in [-0.15, -0.1) is 0 Å². The molecule has 2 unspecified atom stereocenters. The van der Waals surface area contributed by atoms with Gasteiger partial charge in [0.1, 0.15) is 5.37 Å². The molecule has 2 atom stereocenters. The predicted molar refractivity (Wildman–Crippen MR) is 33.0 cm³/mol. The first-order chi connectivity index (χ1) is 4.04. The Morgan fingerprint density at radius 1 is 1.89 bits per heavy atom. The fourth-order valence-corrected chi connectivity index (χ4v) is 0.468. The number of carbonyl (C=O) groups excluding carboxylic acids is 1. The van der Waals surface area contributed by atoms with Crippen LogP contribution in [0, 0.1) is 0 Å². The summed E-state index contributed by atoms with van der Waals surface area (Å²) in [6.45, 7) is 1.38. The molecule has 0 saturated carbocycles. The maximum atomic E-state index is 10.1. The van der Waals surface area contributed by atoms with Gasteiger partial charge in [-0.2, -0.15) is 0 Å². The lowest BCUT2D eigenvalue weighted by atomic mass is 10.7. The minimum absolute atomic E-state index is 0.801. The number of hydrogen-bond donors (Lipinski definition) is 3. The maximum absolute atomic E-state index is 10.1. The first-order valence-corrected chi connectivity index (χ1v) is 3.36. The maximum Gasteiger partial charge on any atom is 0.313 e. The first-order valence-electron chi connectivity index (χ1n) is 2.19. The molecule has 0 saturated heterocycles. The van der Waals surface area contributed by atoms with E-state index >= 15 is 0 Å². The third-order valence-corrected chi connectivity index (χ3v) is 1.37. The lowest BCUT2D eigenvalue weighted by molar-refractivity contribution is 0.248. The van der Waals surface area contributed by atoms with Crippen LogP contribution in [0.25, 0.3) is 0 Å². The molecule has 2 amide bonds. The van der Waals surface area contributed by atoms with Crippen LogP contribution in [0.5, 0.6) is 0 Å². The van der Waals surface area contributed by atoms with Gasteiger partial charge in [0.25, 0.3) is 0 Å². The van der Waals surface area contributed by atoms with Crippen LogP contribution in [-0.2, 0) is 11.1 Å². The van der Waals surface area contributed by atoms with E-state index < -0.39 is 22.5 Å². The summed E-state index contributed by atoms with van der Waals surface area (Å²) in [6.07, 6.45) is 0. The van der Waals surface area contributed by atoms with Gasteiger partial charge in [0.05, 0.1) is 0 Å². The number of rotatable bonds is 2. The molecular weight excluding hydrogens is 144 g/mol. The summed E-state index contributed by atoms with van der Waals surface area (Å²) in [7, 11) is 0. The van der Waals surface area contributed by atoms with Crippen LogP contribution < -0.4 is 11.1 Å². The summed E-state index contributed by atoms with van der Waals surface area (Å²) < 4.78 is 18.3. The van der Waals surface area contributed by atoms with Crippen molar-refractivity contribution in [1.29, 1.82) is 0 Å². The van der Waals surface area contributed by atoms with Crippen LogP contribution in [0.4, 0.5) is 4.79 Å². The second-order valence-electron chi connectivity index (χ2n) is 1.43. The van der Waals surface area contributed by atoms with Gasteiger partial charge < -0.3 is 15.6 Å².